The van der Waals surface area contributed by atoms with Crippen LogP contribution in [0.2, 0.25) is 0 Å². The van der Waals surface area contributed by atoms with Crippen molar-refractivity contribution in [2.45, 2.75) is 40.0 Å². The van der Waals surface area contributed by atoms with Crippen molar-refractivity contribution < 1.29 is 39.5 Å². The van der Waals surface area contributed by atoms with Gasteiger partial charge >= 0.3 is 0 Å². The van der Waals surface area contributed by atoms with E-state index >= 15 is 0 Å². The Morgan fingerprint density at radius 2 is 1.60 bits per heavy atom. The number of fused-ring (bicyclic) bond motifs is 1. The first-order chi connectivity index (χ1) is 13.9. The maximum atomic E-state index is 12.2. The van der Waals surface area contributed by atoms with Crippen LogP contribution >= 0.6 is 0 Å². The van der Waals surface area contributed by atoms with Gasteiger partial charge in [-0.1, -0.05) is 43.3 Å². The summed E-state index contributed by atoms with van der Waals surface area (Å²) < 4.78 is 11.1. The summed E-state index contributed by atoms with van der Waals surface area (Å²) in [5.74, 6) is -0.613. The van der Waals surface area contributed by atoms with E-state index in [1.165, 1.54) is 5.39 Å². The molecular weight excluding hydrogens is 477 g/mol. The van der Waals surface area contributed by atoms with Gasteiger partial charge in [-0.25, -0.2) is 0 Å². The molecule has 0 unspecified atom stereocenters. The van der Waals surface area contributed by atoms with E-state index in [0.29, 0.717) is 32.7 Å². The Bertz CT molecular complexity index is 767. The van der Waals surface area contributed by atoms with E-state index in [2.05, 4.69) is 24.3 Å². The van der Waals surface area contributed by atoms with Crippen molar-refractivity contribution in [3.8, 4) is 0 Å². The monoisotopic (exact) mass is 508 g/mol. The van der Waals surface area contributed by atoms with E-state index in [1.54, 1.807) is 11.8 Å². The Hall–Kier alpha value is -1.82. The number of benzene rings is 2. The van der Waals surface area contributed by atoms with Gasteiger partial charge in [-0.3, -0.25) is 4.79 Å². The predicted molar refractivity (Wildman–Crippen MR) is 115 cm³/mol. The first-order valence-corrected chi connectivity index (χ1v) is 9.88. The van der Waals surface area contributed by atoms with Crippen LogP contribution in [0.5, 0.6) is 0 Å². The molecule has 30 heavy (non-hydrogen) atoms. The first kappa shape index (κ1) is 28.2. The summed E-state index contributed by atoms with van der Waals surface area (Å²) in [6.07, 6.45) is -0.101. The van der Waals surface area contributed by atoms with Crippen molar-refractivity contribution in [3.63, 3.8) is 0 Å². The molecule has 0 radical (unpaired) electrons. The van der Waals surface area contributed by atoms with Gasteiger partial charge in [0, 0.05) is 46.1 Å². The van der Waals surface area contributed by atoms with Crippen molar-refractivity contribution in [3.05, 3.63) is 53.8 Å². The van der Waals surface area contributed by atoms with Crippen LogP contribution < -0.4 is 5.73 Å². The number of rotatable bonds is 10. The molecule has 0 aromatic heterocycles. The van der Waals surface area contributed by atoms with Crippen LogP contribution in [0.4, 0.5) is 0 Å². The molecule has 7 nitrogen and oxygen atoms in total. The summed E-state index contributed by atoms with van der Waals surface area (Å²) in [7, 11) is 0. The number of hydrogen-bond donors (Lipinski definition) is 1. The first-order valence-electron chi connectivity index (χ1n) is 9.88. The molecule has 0 atom stereocenters. The fourth-order valence-corrected chi connectivity index (χ4v) is 2.65. The van der Waals surface area contributed by atoms with Gasteiger partial charge in [-0.2, -0.15) is 0 Å². The smallest absolute Gasteiger partial charge is 0.236 e. The van der Waals surface area contributed by atoms with Crippen LogP contribution in [0.25, 0.3) is 16.5 Å². The fourth-order valence-electron chi connectivity index (χ4n) is 2.65. The Balaban J connectivity index is 0.00000125. The molecule has 2 amide bonds. The third-order valence-corrected chi connectivity index (χ3v) is 4.11. The number of nitrogens with two attached hydrogens (primary N) is 1. The molecule has 0 heterocycles. The molecule has 0 aliphatic carbocycles. The Kier molecular flexibility index (Phi) is 15.0. The molecule has 0 spiro atoms. The summed E-state index contributed by atoms with van der Waals surface area (Å²) in [6, 6.07) is 14.4. The summed E-state index contributed by atoms with van der Waals surface area (Å²) in [5, 5.41) is 2.33. The molecule has 3 N–H and O–H groups in total. The van der Waals surface area contributed by atoms with Crippen molar-refractivity contribution in [2.75, 3.05) is 26.3 Å². The Labute approximate surface area is 192 Å². The summed E-state index contributed by atoms with van der Waals surface area (Å²) in [6.45, 7) is 7.36. The maximum Gasteiger partial charge on any atom is 0.236 e. The molecule has 0 bridgehead atoms. The van der Waals surface area contributed by atoms with Gasteiger partial charge < -0.3 is 30.6 Å². The molecule has 2 rings (SSSR count). The van der Waals surface area contributed by atoms with Crippen LogP contribution in [0.3, 0.4) is 0 Å². The zero-order chi connectivity index (χ0) is 21.6. The second kappa shape index (κ2) is 15.9. The maximum absolute atomic E-state index is 12.2. The molecule has 2 aromatic rings. The number of nitrogens with one attached hydrogen (secondary N) is 1. The third-order valence-electron chi connectivity index (χ3n) is 4.11. The third kappa shape index (κ3) is 10.3. The number of carbonyl (C=O) groups is 2. The molecular formula is C22H32N3O4Pd-. The molecule has 0 aliphatic heterocycles. The quantitative estimate of drug-likeness (QED) is 0.390. The number of ether oxygens (including phenoxy) is 2. The molecule has 2 aromatic carbocycles. The van der Waals surface area contributed by atoms with Gasteiger partial charge in [-0.05, 0) is 42.7 Å². The minimum atomic E-state index is -0.495. The normalized spacial score (nSPS) is 10.2. The van der Waals surface area contributed by atoms with Crippen LogP contribution in [0.1, 0.15) is 32.8 Å². The van der Waals surface area contributed by atoms with E-state index in [-0.39, 0.29) is 32.9 Å². The minimum absolute atomic E-state index is 0. The molecule has 0 fully saturated rings. The number of hydrogen-bond acceptors (Lipinski definition) is 5. The molecule has 0 saturated heterocycles. The molecule has 0 saturated carbocycles. The van der Waals surface area contributed by atoms with Crippen molar-refractivity contribution in [1.29, 1.82) is 0 Å². The zero-order valence-electron chi connectivity index (χ0n) is 17.8. The van der Waals surface area contributed by atoms with E-state index in [0.717, 1.165) is 10.9 Å². The predicted octanol–water partition coefficient (Wildman–Crippen LogP) is 3.50. The fraction of sp³-hybridized carbons (Fsp3) is 0.455. The van der Waals surface area contributed by atoms with Crippen LogP contribution in [-0.4, -0.2) is 49.3 Å². The van der Waals surface area contributed by atoms with E-state index < -0.39 is 12.2 Å². The van der Waals surface area contributed by atoms with Gasteiger partial charge in [-0.15, -0.1) is 0 Å². The molecule has 170 valence electrons. The van der Waals surface area contributed by atoms with Crippen LogP contribution in [0.15, 0.2) is 42.5 Å². The SMILES string of the molecule is CCC([NH-])=O.CCOC(CN(Cc1ccc2ccccc2c1)C(=O)CN)OCC.[Pd]. The summed E-state index contributed by atoms with van der Waals surface area (Å²) in [5.41, 5.74) is 12.8. The summed E-state index contributed by atoms with van der Waals surface area (Å²) in [4.78, 5) is 23.4. The Morgan fingerprint density at radius 1 is 1.03 bits per heavy atom. The largest absolute Gasteiger partial charge is 0.668 e. The van der Waals surface area contributed by atoms with Gasteiger partial charge in [0.25, 0.3) is 0 Å². The van der Waals surface area contributed by atoms with Gasteiger partial charge in [0.15, 0.2) is 6.29 Å². The average molecular weight is 509 g/mol. The minimum Gasteiger partial charge on any atom is -0.668 e. The molecule has 8 heteroatoms. The standard InChI is InChI=1S/C19H26N2O3.C3H7NO.Pd/c1-3-23-19(24-4-2)14-21(18(22)12-20)13-15-9-10-16-7-5-6-8-17(16)11-15;1-2-3(4)5;/h5-11,19H,3-4,12-14,20H2,1-2H3;2H2,1H3,(H2,4,5);/p-1. The van der Waals surface area contributed by atoms with Crippen molar-refractivity contribution >= 4 is 22.6 Å². The van der Waals surface area contributed by atoms with E-state index in [9.17, 15) is 9.59 Å². The zero-order valence-corrected chi connectivity index (χ0v) is 19.4. The number of amides is 2. The van der Waals surface area contributed by atoms with Gasteiger partial charge in [0.05, 0.1) is 13.1 Å². The van der Waals surface area contributed by atoms with Crippen LogP contribution in [0, 0.1) is 0 Å². The van der Waals surface area contributed by atoms with Crippen molar-refractivity contribution in [1.82, 2.24) is 4.90 Å². The second-order valence-electron chi connectivity index (χ2n) is 6.28. The summed E-state index contributed by atoms with van der Waals surface area (Å²) >= 11 is 0. The topological polar surface area (TPSA) is 106 Å². The van der Waals surface area contributed by atoms with E-state index in [1.807, 2.05) is 32.0 Å². The van der Waals surface area contributed by atoms with Crippen LogP contribution in [-0.2, 0) is 46.0 Å². The Morgan fingerprint density at radius 3 is 2.10 bits per heavy atom. The number of nitrogens with zero attached hydrogens (tertiary/aromatic N) is 1. The number of carbonyl (C=O) groups excluding carboxylic acids is 2. The van der Waals surface area contributed by atoms with E-state index in [4.69, 9.17) is 20.9 Å². The molecule has 0 aliphatic rings. The van der Waals surface area contributed by atoms with Crippen molar-refractivity contribution in [2.24, 2.45) is 5.73 Å². The second-order valence-corrected chi connectivity index (χ2v) is 6.28. The van der Waals surface area contributed by atoms with Gasteiger partial charge in [0.2, 0.25) is 5.91 Å². The van der Waals surface area contributed by atoms with Gasteiger partial charge in [0.1, 0.15) is 0 Å². The average Bonchev–Trinajstić information content (AvgIpc) is 2.73.